The SMILES string of the molecule is N#Cc1ccc2c(c1)CN(Cc1ccccc1)CC2. The maximum absolute atomic E-state index is 8.98. The zero-order chi connectivity index (χ0) is 13.1. The highest BCUT2D eigenvalue weighted by Crippen LogP contribution is 2.21. The molecule has 0 N–H and O–H groups in total. The molecule has 3 rings (SSSR count). The van der Waals surface area contributed by atoms with Gasteiger partial charge in [0.05, 0.1) is 11.6 Å². The lowest BCUT2D eigenvalue weighted by molar-refractivity contribution is 0.245. The highest BCUT2D eigenvalue weighted by Gasteiger charge is 2.16. The first kappa shape index (κ1) is 12.0. The Morgan fingerprint density at radius 1 is 1.05 bits per heavy atom. The summed E-state index contributed by atoms with van der Waals surface area (Å²) in [5.41, 5.74) is 4.81. The molecule has 0 amide bonds. The fraction of sp³-hybridized carbons (Fsp3) is 0.235. The molecular formula is C17H16N2. The van der Waals surface area contributed by atoms with E-state index >= 15 is 0 Å². The van der Waals surface area contributed by atoms with E-state index in [-0.39, 0.29) is 0 Å². The second-order valence-electron chi connectivity index (χ2n) is 5.04. The van der Waals surface area contributed by atoms with Gasteiger partial charge in [-0.1, -0.05) is 36.4 Å². The quantitative estimate of drug-likeness (QED) is 0.816. The van der Waals surface area contributed by atoms with Gasteiger partial charge in [-0.2, -0.15) is 5.26 Å². The Morgan fingerprint density at radius 3 is 2.68 bits per heavy atom. The monoisotopic (exact) mass is 248 g/mol. The van der Waals surface area contributed by atoms with E-state index in [9.17, 15) is 0 Å². The standard InChI is InChI=1S/C17H16N2/c18-11-15-6-7-16-8-9-19(13-17(16)10-15)12-14-4-2-1-3-5-14/h1-7,10H,8-9,12-13H2. The minimum atomic E-state index is 0.764. The summed E-state index contributed by atoms with van der Waals surface area (Å²) in [7, 11) is 0. The molecule has 94 valence electrons. The number of rotatable bonds is 2. The Kier molecular flexibility index (Phi) is 3.31. The number of fused-ring (bicyclic) bond motifs is 1. The average molecular weight is 248 g/mol. The first-order chi connectivity index (χ1) is 9.35. The molecular weight excluding hydrogens is 232 g/mol. The lowest BCUT2D eigenvalue weighted by Crippen LogP contribution is -2.30. The third kappa shape index (κ3) is 2.67. The van der Waals surface area contributed by atoms with Crippen molar-refractivity contribution in [3.63, 3.8) is 0 Å². The molecule has 2 nitrogen and oxygen atoms in total. The summed E-state index contributed by atoms with van der Waals surface area (Å²) >= 11 is 0. The maximum atomic E-state index is 8.98. The predicted octanol–water partition coefficient (Wildman–Crippen LogP) is 3.12. The van der Waals surface area contributed by atoms with E-state index in [2.05, 4.69) is 41.3 Å². The van der Waals surface area contributed by atoms with Crippen molar-refractivity contribution in [2.75, 3.05) is 6.54 Å². The molecule has 0 aliphatic carbocycles. The highest BCUT2D eigenvalue weighted by atomic mass is 15.1. The van der Waals surface area contributed by atoms with Crippen LogP contribution in [-0.4, -0.2) is 11.4 Å². The Hall–Kier alpha value is -2.11. The molecule has 0 saturated carbocycles. The minimum absolute atomic E-state index is 0.764. The zero-order valence-corrected chi connectivity index (χ0v) is 10.8. The van der Waals surface area contributed by atoms with Crippen LogP contribution in [0.5, 0.6) is 0 Å². The van der Waals surface area contributed by atoms with Gasteiger partial charge in [-0.05, 0) is 35.2 Å². The third-order valence-corrected chi connectivity index (χ3v) is 3.68. The molecule has 0 atom stereocenters. The Morgan fingerprint density at radius 2 is 1.89 bits per heavy atom. The van der Waals surface area contributed by atoms with Gasteiger partial charge in [0.1, 0.15) is 0 Å². The molecule has 0 unspecified atom stereocenters. The van der Waals surface area contributed by atoms with Gasteiger partial charge in [0.25, 0.3) is 0 Å². The number of benzene rings is 2. The average Bonchev–Trinajstić information content (AvgIpc) is 2.47. The Bertz CT molecular complexity index is 611. The van der Waals surface area contributed by atoms with Crippen molar-refractivity contribution in [2.45, 2.75) is 19.5 Å². The van der Waals surface area contributed by atoms with E-state index < -0.39 is 0 Å². The van der Waals surface area contributed by atoms with Crippen molar-refractivity contribution in [2.24, 2.45) is 0 Å². The molecule has 0 fully saturated rings. The number of hydrogen-bond acceptors (Lipinski definition) is 2. The van der Waals surface area contributed by atoms with Crippen LogP contribution >= 0.6 is 0 Å². The second kappa shape index (κ2) is 5.26. The van der Waals surface area contributed by atoms with Crippen LogP contribution in [0.3, 0.4) is 0 Å². The van der Waals surface area contributed by atoms with E-state index in [0.717, 1.165) is 31.6 Å². The Balaban J connectivity index is 1.76. The van der Waals surface area contributed by atoms with Crippen molar-refractivity contribution in [1.29, 1.82) is 5.26 Å². The lowest BCUT2D eigenvalue weighted by atomic mass is 9.97. The fourth-order valence-electron chi connectivity index (χ4n) is 2.66. The van der Waals surface area contributed by atoms with Gasteiger partial charge in [0.15, 0.2) is 0 Å². The van der Waals surface area contributed by atoms with Crippen molar-refractivity contribution in [1.82, 2.24) is 4.90 Å². The molecule has 2 aromatic rings. The van der Waals surface area contributed by atoms with Crippen LogP contribution < -0.4 is 0 Å². The summed E-state index contributed by atoms with van der Waals surface area (Å²) in [6.45, 7) is 3.02. The summed E-state index contributed by atoms with van der Waals surface area (Å²) in [4.78, 5) is 2.44. The zero-order valence-electron chi connectivity index (χ0n) is 10.8. The summed E-state index contributed by atoms with van der Waals surface area (Å²) < 4.78 is 0. The van der Waals surface area contributed by atoms with Gasteiger partial charge in [-0.15, -0.1) is 0 Å². The Labute approximate surface area is 113 Å². The molecule has 2 heteroatoms. The van der Waals surface area contributed by atoms with Gasteiger partial charge < -0.3 is 0 Å². The number of nitrogens with zero attached hydrogens (tertiary/aromatic N) is 2. The lowest BCUT2D eigenvalue weighted by Gasteiger charge is -2.28. The molecule has 0 bridgehead atoms. The van der Waals surface area contributed by atoms with Crippen LogP contribution in [0, 0.1) is 11.3 Å². The smallest absolute Gasteiger partial charge is 0.0991 e. The van der Waals surface area contributed by atoms with E-state index in [1.807, 2.05) is 18.2 Å². The molecule has 0 spiro atoms. The van der Waals surface area contributed by atoms with Crippen LogP contribution in [0.1, 0.15) is 22.3 Å². The molecule has 19 heavy (non-hydrogen) atoms. The second-order valence-corrected chi connectivity index (χ2v) is 5.04. The number of nitriles is 1. The minimum Gasteiger partial charge on any atom is -0.294 e. The van der Waals surface area contributed by atoms with Crippen LogP contribution in [0.15, 0.2) is 48.5 Å². The first-order valence-electron chi connectivity index (χ1n) is 6.63. The third-order valence-electron chi connectivity index (χ3n) is 3.68. The van der Waals surface area contributed by atoms with Crippen molar-refractivity contribution in [3.05, 3.63) is 70.8 Å². The molecule has 0 saturated heterocycles. The van der Waals surface area contributed by atoms with Crippen molar-refractivity contribution < 1.29 is 0 Å². The van der Waals surface area contributed by atoms with Crippen LogP contribution in [0.25, 0.3) is 0 Å². The first-order valence-corrected chi connectivity index (χ1v) is 6.63. The van der Waals surface area contributed by atoms with E-state index in [1.54, 1.807) is 0 Å². The molecule has 0 radical (unpaired) electrons. The molecule has 1 aliphatic rings. The molecule has 0 aromatic heterocycles. The van der Waals surface area contributed by atoms with E-state index in [0.29, 0.717) is 0 Å². The van der Waals surface area contributed by atoms with Crippen molar-refractivity contribution in [3.8, 4) is 6.07 Å². The van der Waals surface area contributed by atoms with Crippen LogP contribution in [0.2, 0.25) is 0 Å². The van der Waals surface area contributed by atoms with Gasteiger partial charge in [-0.25, -0.2) is 0 Å². The van der Waals surface area contributed by atoms with Gasteiger partial charge in [0, 0.05) is 19.6 Å². The molecule has 1 aliphatic heterocycles. The topological polar surface area (TPSA) is 27.0 Å². The molecule has 1 heterocycles. The van der Waals surface area contributed by atoms with E-state index in [1.165, 1.54) is 16.7 Å². The summed E-state index contributed by atoms with van der Waals surface area (Å²) in [6.07, 6.45) is 1.08. The van der Waals surface area contributed by atoms with Gasteiger partial charge in [0.2, 0.25) is 0 Å². The van der Waals surface area contributed by atoms with Crippen LogP contribution in [0.4, 0.5) is 0 Å². The molecule has 2 aromatic carbocycles. The largest absolute Gasteiger partial charge is 0.294 e. The fourth-order valence-corrected chi connectivity index (χ4v) is 2.66. The maximum Gasteiger partial charge on any atom is 0.0991 e. The summed E-state index contributed by atoms with van der Waals surface area (Å²) in [6, 6.07) is 18.8. The van der Waals surface area contributed by atoms with Crippen molar-refractivity contribution >= 4 is 0 Å². The van der Waals surface area contributed by atoms with Gasteiger partial charge >= 0.3 is 0 Å². The summed E-state index contributed by atoms with van der Waals surface area (Å²) in [5, 5.41) is 8.98. The van der Waals surface area contributed by atoms with E-state index in [4.69, 9.17) is 5.26 Å². The predicted molar refractivity (Wildman–Crippen MR) is 75.4 cm³/mol. The van der Waals surface area contributed by atoms with Crippen LogP contribution in [-0.2, 0) is 19.5 Å². The van der Waals surface area contributed by atoms with Gasteiger partial charge in [-0.3, -0.25) is 4.90 Å². The summed E-state index contributed by atoms with van der Waals surface area (Å²) in [5.74, 6) is 0. The normalized spacial score (nSPS) is 14.7. The number of hydrogen-bond donors (Lipinski definition) is 0. The highest BCUT2D eigenvalue weighted by molar-refractivity contribution is 5.39.